The second-order valence-electron chi connectivity index (χ2n) is 7.02. The first-order chi connectivity index (χ1) is 13.0. The van der Waals surface area contributed by atoms with Crippen molar-refractivity contribution in [1.82, 2.24) is 15.5 Å². The Kier molecular flexibility index (Phi) is 7.31. The zero-order valence-electron chi connectivity index (χ0n) is 16.3. The number of anilines is 1. The molecule has 2 amide bonds. The van der Waals surface area contributed by atoms with Gasteiger partial charge in [-0.2, -0.15) is 0 Å². The minimum atomic E-state index is -0.603. The molecule has 1 heterocycles. The van der Waals surface area contributed by atoms with Gasteiger partial charge in [-0.15, -0.1) is 10.2 Å². The summed E-state index contributed by atoms with van der Waals surface area (Å²) < 4.78 is 10.7. The summed E-state index contributed by atoms with van der Waals surface area (Å²) in [6.45, 7) is 8.84. The number of aromatic nitrogens is 2. The molecular formula is C18H23ClN4O4S. The van der Waals surface area contributed by atoms with Crippen LogP contribution in [-0.2, 0) is 9.53 Å². The van der Waals surface area contributed by atoms with Gasteiger partial charge in [0.25, 0.3) is 5.22 Å². The van der Waals surface area contributed by atoms with Gasteiger partial charge in [0.1, 0.15) is 11.6 Å². The third kappa shape index (κ3) is 6.72. The number of benzene rings is 1. The molecular weight excluding hydrogens is 404 g/mol. The van der Waals surface area contributed by atoms with Crippen LogP contribution in [0.3, 0.4) is 0 Å². The highest BCUT2D eigenvalue weighted by atomic mass is 35.5. The monoisotopic (exact) mass is 426 g/mol. The molecule has 2 rings (SSSR count). The predicted octanol–water partition coefficient (Wildman–Crippen LogP) is 4.35. The Morgan fingerprint density at radius 3 is 2.71 bits per heavy atom. The highest BCUT2D eigenvalue weighted by molar-refractivity contribution is 7.99. The van der Waals surface area contributed by atoms with Gasteiger partial charge < -0.3 is 19.8 Å². The zero-order valence-corrected chi connectivity index (χ0v) is 17.9. The molecule has 1 aromatic heterocycles. The number of hydrogen-bond acceptors (Lipinski definition) is 7. The maximum Gasteiger partial charge on any atom is 0.408 e. The minimum absolute atomic E-state index is 0.0848. The van der Waals surface area contributed by atoms with Crippen molar-refractivity contribution in [3.8, 4) is 0 Å². The van der Waals surface area contributed by atoms with E-state index in [1.165, 1.54) is 0 Å². The van der Waals surface area contributed by atoms with E-state index < -0.39 is 17.7 Å². The Hall–Kier alpha value is -2.26. The molecule has 8 nitrogen and oxygen atoms in total. The molecule has 0 radical (unpaired) electrons. The van der Waals surface area contributed by atoms with Gasteiger partial charge in [-0.25, -0.2) is 4.79 Å². The topological polar surface area (TPSA) is 106 Å². The maximum atomic E-state index is 12.1. The first-order valence-corrected chi connectivity index (χ1v) is 9.92. The number of rotatable bonds is 6. The van der Waals surface area contributed by atoms with Gasteiger partial charge >= 0.3 is 6.09 Å². The van der Waals surface area contributed by atoms with Crippen molar-refractivity contribution in [1.29, 1.82) is 0 Å². The molecule has 28 heavy (non-hydrogen) atoms. The first-order valence-electron chi connectivity index (χ1n) is 8.56. The summed E-state index contributed by atoms with van der Waals surface area (Å²) in [7, 11) is 0. The van der Waals surface area contributed by atoms with Crippen LogP contribution in [0, 0.1) is 6.92 Å². The second-order valence-corrected chi connectivity index (χ2v) is 8.36. The van der Waals surface area contributed by atoms with Crippen molar-refractivity contribution in [2.75, 3.05) is 11.1 Å². The maximum absolute atomic E-state index is 12.1. The summed E-state index contributed by atoms with van der Waals surface area (Å²) in [5, 5.41) is 14.0. The fraction of sp³-hybridized carbons (Fsp3) is 0.444. The van der Waals surface area contributed by atoms with Crippen LogP contribution in [0.5, 0.6) is 0 Å². The molecule has 0 fully saturated rings. The normalized spacial score (nSPS) is 12.4. The van der Waals surface area contributed by atoms with Gasteiger partial charge in [-0.1, -0.05) is 29.4 Å². The van der Waals surface area contributed by atoms with Crippen molar-refractivity contribution in [3.05, 3.63) is 34.7 Å². The lowest BCUT2D eigenvalue weighted by Crippen LogP contribution is -2.34. The van der Waals surface area contributed by atoms with Crippen LogP contribution in [0.15, 0.2) is 27.8 Å². The van der Waals surface area contributed by atoms with E-state index in [2.05, 4.69) is 20.8 Å². The van der Waals surface area contributed by atoms with Gasteiger partial charge in [0.15, 0.2) is 0 Å². The number of thioether (sulfide) groups is 1. The highest BCUT2D eigenvalue weighted by Gasteiger charge is 2.21. The van der Waals surface area contributed by atoms with Crippen LogP contribution in [0.25, 0.3) is 0 Å². The molecule has 10 heteroatoms. The van der Waals surface area contributed by atoms with E-state index in [1.807, 2.05) is 6.92 Å². The minimum Gasteiger partial charge on any atom is -0.444 e. The molecule has 0 aliphatic carbocycles. The van der Waals surface area contributed by atoms with Crippen molar-refractivity contribution >= 4 is 41.1 Å². The van der Waals surface area contributed by atoms with Crippen molar-refractivity contribution < 1.29 is 18.7 Å². The fourth-order valence-electron chi connectivity index (χ4n) is 2.06. The summed E-state index contributed by atoms with van der Waals surface area (Å²) in [5.74, 6) is 0.0797. The number of ether oxygens (including phenoxy) is 1. The quantitative estimate of drug-likeness (QED) is 0.661. The molecule has 152 valence electrons. The van der Waals surface area contributed by atoms with Gasteiger partial charge in [0, 0.05) is 10.7 Å². The number of amides is 2. The van der Waals surface area contributed by atoms with Gasteiger partial charge in [-0.05, 0) is 52.3 Å². The molecule has 0 bridgehead atoms. The van der Waals surface area contributed by atoms with E-state index in [1.54, 1.807) is 45.9 Å². The lowest BCUT2D eigenvalue weighted by Gasteiger charge is -2.20. The van der Waals surface area contributed by atoms with E-state index in [0.717, 1.165) is 17.3 Å². The van der Waals surface area contributed by atoms with E-state index in [4.69, 9.17) is 20.8 Å². The molecule has 0 saturated heterocycles. The van der Waals surface area contributed by atoms with Gasteiger partial charge in [0.2, 0.25) is 11.8 Å². The Morgan fingerprint density at radius 2 is 2.04 bits per heavy atom. The van der Waals surface area contributed by atoms with Crippen LogP contribution in [0.1, 0.15) is 45.2 Å². The largest absolute Gasteiger partial charge is 0.444 e. The van der Waals surface area contributed by atoms with Crippen LogP contribution in [-0.4, -0.2) is 33.6 Å². The number of halogens is 1. The molecule has 0 unspecified atom stereocenters. The number of alkyl carbamates (subject to hydrolysis) is 1. The SMILES string of the molecule is Cc1c(Cl)cccc1NC(=O)CSc1nnc([C@@H](C)NC(=O)OC(C)(C)C)o1. The summed E-state index contributed by atoms with van der Waals surface area (Å²) in [5.41, 5.74) is 0.845. The predicted molar refractivity (Wildman–Crippen MR) is 108 cm³/mol. The van der Waals surface area contributed by atoms with Crippen molar-refractivity contribution in [2.45, 2.75) is 51.5 Å². The van der Waals surface area contributed by atoms with E-state index in [-0.39, 0.29) is 22.8 Å². The number of carbonyl (C=O) groups is 2. The number of nitrogens with zero attached hydrogens (tertiary/aromatic N) is 2. The van der Waals surface area contributed by atoms with Crippen LogP contribution in [0.4, 0.5) is 10.5 Å². The van der Waals surface area contributed by atoms with Gasteiger partial charge in [-0.3, -0.25) is 4.79 Å². The fourth-order valence-corrected chi connectivity index (χ4v) is 2.80. The lowest BCUT2D eigenvalue weighted by atomic mass is 10.2. The third-order valence-corrected chi connectivity index (χ3v) is 4.62. The molecule has 1 aromatic carbocycles. The molecule has 0 spiro atoms. The number of hydrogen-bond donors (Lipinski definition) is 2. The zero-order chi connectivity index (χ0) is 20.9. The van der Waals surface area contributed by atoms with Crippen molar-refractivity contribution in [2.24, 2.45) is 0 Å². The summed E-state index contributed by atoms with van der Waals surface area (Å²) >= 11 is 7.14. The van der Waals surface area contributed by atoms with Crippen LogP contribution >= 0.6 is 23.4 Å². The lowest BCUT2D eigenvalue weighted by molar-refractivity contribution is -0.113. The van der Waals surface area contributed by atoms with E-state index >= 15 is 0 Å². The summed E-state index contributed by atoms with van der Waals surface area (Å²) in [6, 6.07) is 4.77. The Labute approximate surface area is 172 Å². The molecule has 0 aliphatic heterocycles. The molecule has 1 atom stereocenters. The first kappa shape index (κ1) is 22.0. The molecule has 2 N–H and O–H groups in total. The smallest absolute Gasteiger partial charge is 0.408 e. The van der Waals surface area contributed by atoms with Crippen LogP contribution < -0.4 is 10.6 Å². The van der Waals surface area contributed by atoms with E-state index in [9.17, 15) is 9.59 Å². The Balaban J connectivity index is 1.86. The van der Waals surface area contributed by atoms with Crippen LogP contribution in [0.2, 0.25) is 5.02 Å². The Bertz CT molecular complexity index is 850. The number of nitrogens with one attached hydrogen (secondary N) is 2. The average molecular weight is 427 g/mol. The average Bonchev–Trinajstić information content (AvgIpc) is 3.04. The van der Waals surface area contributed by atoms with Crippen molar-refractivity contribution in [3.63, 3.8) is 0 Å². The standard InChI is InChI=1S/C18H23ClN4O4S/c1-10-12(19)7-6-8-13(10)21-14(24)9-28-17-23-22-15(26-17)11(2)20-16(25)27-18(3,4)5/h6-8,11H,9H2,1-5H3,(H,20,25)(H,21,24)/t11-/m1/s1. The summed E-state index contributed by atoms with van der Waals surface area (Å²) in [6.07, 6.45) is -0.580. The summed E-state index contributed by atoms with van der Waals surface area (Å²) in [4.78, 5) is 23.9. The third-order valence-electron chi connectivity index (χ3n) is 3.39. The van der Waals surface area contributed by atoms with E-state index in [0.29, 0.717) is 10.7 Å². The second kappa shape index (κ2) is 9.29. The van der Waals surface area contributed by atoms with Gasteiger partial charge in [0.05, 0.1) is 5.75 Å². The number of carbonyl (C=O) groups excluding carboxylic acids is 2. The molecule has 2 aromatic rings. The molecule has 0 saturated carbocycles. The molecule has 0 aliphatic rings. The highest BCUT2D eigenvalue weighted by Crippen LogP contribution is 2.24. The Morgan fingerprint density at radius 1 is 1.32 bits per heavy atom.